The zero-order valence-electron chi connectivity index (χ0n) is 18.6. The van der Waals surface area contributed by atoms with Gasteiger partial charge in [-0.1, -0.05) is 18.2 Å². The van der Waals surface area contributed by atoms with Gasteiger partial charge in [0.1, 0.15) is 23.6 Å². The number of nitrogens with zero attached hydrogens (tertiary/aromatic N) is 2. The van der Waals surface area contributed by atoms with Crippen LogP contribution in [0.2, 0.25) is 0 Å². The highest BCUT2D eigenvalue weighted by Crippen LogP contribution is 2.28. The van der Waals surface area contributed by atoms with Crippen LogP contribution in [-0.2, 0) is 22.6 Å². The van der Waals surface area contributed by atoms with E-state index in [9.17, 15) is 19.2 Å². The number of benzene rings is 2. The van der Waals surface area contributed by atoms with Gasteiger partial charge in [0, 0.05) is 12.6 Å². The number of carboxylic acid groups (broad SMARTS) is 1. The first-order valence-electron chi connectivity index (χ1n) is 10.6. The number of amides is 3. The number of fused-ring (bicyclic) bond motifs is 1. The molecule has 0 fully saturated rings. The monoisotopic (exact) mass is 475 g/mol. The maximum Gasteiger partial charge on any atom is 0.335 e. The normalized spacial score (nSPS) is 12.1. The van der Waals surface area contributed by atoms with Crippen molar-refractivity contribution >= 4 is 35.2 Å². The Morgan fingerprint density at radius 3 is 2.66 bits per heavy atom. The summed E-state index contributed by atoms with van der Waals surface area (Å²) < 4.78 is 5.30. The highest BCUT2D eigenvalue weighted by Gasteiger charge is 2.17. The fraction of sp³-hybridized carbons (Fsp3) is 0.167. The SMILES string of the molecule is Cc1cc(CNC(=O)c2cc(NC(=O)Cc3ccc4c(c3)NC(=O)CO4)ncn2)ccc1C(=O)O. The second kappa shape index (κ2) is 10.00. The van der Waals surface area contributed by atoms with Gasteiger partial charge in [-0.3, -0.25) is 14.4 Å². The average molecular weight is 475 g/mol. The lowest BCUT2D eigenvalue weighted by molar-refractivity contribution is -0.118. The quantitative estimate of drug-likeness (QED) is 0.403. The van der Waals surface area contributed by atoms with E-state index in [1.54, 1.807) is 37.3 Å². The molecule has 4 rings (SSSR count). The first-order valence-corrected chi connectivity index (χ1v) is 10.6. The lowest BCUT2D eigenvalue weighted by Crippen LogP contribution is -2.25. The van der Waals surface area contributed by atoms with E-state index in [1.165, 1.54) is 18.5 Å². The van der Waals surface area contributed by atoms with Gasteiger partial charge in [0.25, 0.3) is 11.8 Å². The minimum atomic E-state index is -1.01. The molecule has 0 saturated heterocycles. The number of rotatable bonds is 7. The Morgan fingerprint density at radius 1 is 1.09 bits per heavy atom. The van der Waals surface area contributed by atoms with Crippen LogP contribution in [0.3, 0.4) is 0 Å². The van der Waals surface area contributed by atoms with Gasteiger partial charge in [-0.05, 0) is 41.8 Å². The molecule has 0 radical (unpaired) electrons. The summed E-state index contributed by atoms with van der Waals surface area (Å²) >= 11 is 0. The molecule has 0 bridgehead atoms. The van der Waals surface area contributed by atoms with Crippen molar-refractivity contribution in [2.45, 2.75) is 19.9 Å². The summed E-state index contributed by atoms with van der Waals surface area (Å²) in [4.78, 5) is 55.5. The first-order chi connectivity index (χ1) is 16.8. The molecular formula is C24H21N5O6. The smallest absolute Gasteiger partial charge is 0.335 e. The lowest BCUT2D eigenvalue weighted by Gasteiger charge is -2.18. The van der Waals surface area contributed by atoms with Crippen LogP contribution in [0, 0.1) is 6.92 Å². The summed E-state index contributed by atoms with van der Waals surface area (Å²) in [6, 6.07) is 11.2. The van der Waals surface area contributed by atoms with Crippen LogP contribution in [0.5, 0.6) is 5.75 Å². The van der Waals surface area contributed by atoms with Gasteiger partial charge in [0.15, 0.2) is 6.61 Å². The largest absolute Gasteiger partial charge is 0.482 e. The fourth-order valence-electron chi connectivity index (χ4n) is 3.51. The maximum atomic E-state index is 12.5. The predicted molar refractivity (Wildman–Crippen MR) is 124 cm³/mol. The van der Waals surface area contributed by atoms with Gasteiger partial charge >= 0.3 is 5.97 Å². The van der Waals surface area contributed by atoms with E-state index in [0.29, 0.717) is 22.6 Å². The van der Waals surface area contributed by atoms with Gasteiger partial charge < -0.3 is 25.8 Å². The van der Waals surface area contributed by atoms with Gasteiger partial charge in [-0.2, -0.15) is 0 Å². The second-order valence-corrected chi connectivity index (χ2v) is 7.82. The molecule has 11 heteroatoms. The summed E-state index contributed by atoms with van der Waals surface area (Å²) in [5.74, 6) is -1.43. The van der Waals surface area contributed by atoms with E-state index in [-0.39, 0.29) is 48.5 Å². The van der Waals surface area contributed by atoms with Crippen LogP contribution in [-0.4, -0.2) is 45.4 Å². The van der Waals surface area contributed by atoms with E-state index in [2.05, 4.69) is 25.9 Å². The van der Waals surface area contributed by atoms with Gasteiger partial charge in [0.2, 0.25) is 5.91 Å². The number of aromatic carboxylic acids is 1. The Bertz CT molecular complexity index is 1340. The van der Waals surface area contributed by atoms with Gasteiger partial charge in [0.05, 0.1) is 17.7 Å². The first kappa shape index (κ1) is 23.4. The number of carbonyl (C=O) groups excluding carboxylic acids is 3. The van der Waals surface area contributed by atoms with E-state index in [4.69, 9.17) is 9.84 Å². The molecule has 0 unspecified atom stereocenters. The van der Waals surface area contributed by atoms with Crippen molar-refractivity contribution in [3.8, 4) is 5.75 Å². The number of carbonyl (C=O) groups is 4. The van der Waals surface area contributed by atoms with Crippen LogP contribution in [0.4, 0.5) is 11.5 Å². The fourth-order valence-corrected chi connectivity index (χ4v) is 3.51. The van der Waals surface area contributed by atoms with Crippen molar-refractivity contribution in [3.05, 3.63) is 76.7 Å². The summed E-state index contributed by atoms with van der Waals surface area (Å²) in [5, 5.41) is 17.1. The van der Waals surface area contributed by atoms with Crippen LogP contribution in [0.15, 0.2) is 48.8 Å². The second-order valence-electron chi connectivity index (χ2n) is 7.82. The highest BCUT2D eigenvalue weighted by molar-refractivity contribution is 5.97. The number of ether oxygens (including phenoxy) is 1. The van der Waals surface area contributed by atoms with Crippen molar-refractivity contribution in [3.63, 3.8) is 0 Å². The molecular weight excluding hydrogens is 454 g/mol. The van der Waals surface area contributed by atoms with Crippen LogP contribution in [0.1, 0.15) is 37.5 Å². The minimum absolute atomic E-state index is 0.0143. The third-order valence-electron chi connectivity index (χ3n) is 5.18. The van der Waals surface area contributed by atoms with Crippen molar-refractivity contribution in [2.75, 3.05) is 17.2 Å². The van der Waals surface area contributed by atoms with Crippen molar-refractivity contribution < 1.29 is 29.0 Å². The summed E-state index contributed by atoms with van der Waals surface area (Å²) in [6.07, 6.45) is 1.18. The van der Waals surface area contributed by atoms with E-state index in [1.807, 2.05) is 0 Å². The van der Waals surface area contributed by atoms with Crippen LogP contribution in [0.25, 0.3) is 0 Å². The molecule has 1 aromatic heterocycles. The standard InChI is InChI=1S/C24H21N5O6/c1-13-6-15(2-4-16(13)24(33)34)10-25-23(32)18-9-20(27-12-26-18)29-21(30)8-14-3-5-19-17(7-14)28-22(31)11-35-19/h2-7,9,12H,8,10-11H2,1H3,(H,25,32)(H,28,31)(H,33,34)(H,26,27,29,30). The summed E-state index contributed by atoms with van der Waals surface area (Å²) in [7, 11) is 0. The Labute approximate surface area is 199 Å². The Hall–Kier alpha value is -4.80. The minimum Gasteiger partial charge on any atom is -0.482 e. The third-order valence-corrected chi connectivity index (χ3v) is 5.18. The molecule has 3 amide bonds. The maximum absolute atomic E-state index is 12.5. The molecule has 178 valence electrons. The van der Waals surface area contributed by atoms with Gasteiger partial charge in [-0.25, -0.2) is 14.8 Å². The number of nitrogens with one attached hydrogen (secondary N) is 3. The zero-order valence-corrected chi connectivity index (χ0v) is 18.6. The van der Waals surface area contributed by atoms with Crippen molar-refractivity contribution in [1.82, 2.24) is 15.3 Å². The summed E-state index contributed by atoms with van der Waals surface area (Å²) in [6.45, 7) is 1.80. The van der Waals surface area contributed by atoms with Crippen molar-refractivity contribution in [1.29, 1.82) is 0 Å². The van der Waals surface area contributed by atoms with E-state index >= 15 is 0 Å². The number of aryl methyl sites for hydroxylation is 1. The molecule has 0 aliphatic carbocycles. The van der Waals surface area contributed by atoms with Crippen LogP contribution < -0.4 is 20.7 Å². The highest BCUT2D eigenvalue weighted by atomic mass is 16.5. The third kappa shape index (κ3) is 5.77. The molecule has 0 spiro atoms. The molecule has 4 N–H and O–H groups in total. The number of hydrogen-bond donors (Lipinski definition) is 4. The van der Waals surface area contributed by atoms with Crippen LogP contribution >= 0.6 is 0 Å². The van der Waals surface area contributed by atoms with E-state index < -0.39 is 11.9 Å². The Balaban J connectivity index is 1.35. The van der Waals surface area contributed by atoms with Crippen molar-refractivity contribution in [2.24, 2.45) is 0 Å². The molecule has 1 aliphatic rings. The number of hydrogen-bond acceptors (Lipinski definition) is 7. The predicted octanol–water partition coefficient (Wildman–Crippen LogP) is 1.93. The number of carboxylic acids is 1. The molecule has 2 aromatic carbocycles. The summed E-state index contributed by atoms with van der Waals surface area (Å²) in [5.41, 5.74) is 2.73. The molecule has 35 heavy (non-hydrogen) atoms. The molecule has 0 atom stereocenters. The molecule has 1 aliphatic heterocycles. The molecule has 11 nitrogen and oxygen atoms in total. The molecule has 2 heterocycles. The number of aromatic nitrogens is 2. The van der Waals surface area contributed by atoms with E-state index in [0.717, 1.165) is 5.56 Å². The van der Waals surface area contributed by atoms with Gasteiger partial charge in [-0.15, -0.1) is 0 Å². The Morgan fingerprint density at radius 2 is 1.89 bits per heavy atom. The number of anilines is 2. The molecule has 0 saturated carbocycles. The Kier molecular flexibility index (Phi) is 6.67. The lowest BCUT2D eigenvalue weighted by atomic mass is 10.1. The topological polar surface area (TPSA) is 160 Å². The molecule has 3 aromatic rings. The zero-order chi connectivity index (χ0) is 24.9. The average Bonchev–Trinajstić information content (AvgIpc) is 2.82.